The van der Waals surface area contributed by atoms with Crippen molar-refractivity contribution in [2.24, 2.45) is 0 Å². The average molecular weight is 331 g/mol. The Hall–Kier alpha value is -2.01. The Morgan fingerprint density at radius 3 is 2.92 bits per heavy atom. The zero-order valence-electron chi connectivity index (χ0n) is 14.6. The molecule has 1 aromatic heterocycles. The molecule has 0 aliphatic carbocycles. The van der Waals surface area contributed by atoms with E-state index in [1.807, 2.05) is 25.1 Å². The maximum atomic E-state index is 12.5. The van der Waals surface area contributed by atoms with Crippen LogP contribution in [0.2, 0.25) is 0 Å². The summed E-state index contributed by atoms with van der Waals surface area (Å²) in [4.78, 5) is 14.9. The molecule has 0 amide bonds. The summed E-state index contributed by atoms with van der Waals surface area (Å²) >= 11 is 0. The van der Waals surface area contributed by atoms with Crippen LogP contribution in [0.1, 0.15) is 49.2 Å². The third-order valence-corrected chi connectivity index (χ3v) is 4.73. The SMILES string of the molecule is CCOC(=O)c1c(CN2CCCC[C@H]2C)oc2ccc(OC)cc12. The van der Waals surface area contributed by atoms with Gasteiger partial charge < -0.3 is 13.9 Å². The summed E-state index contributed by atoms with van der Waals surface area (Å²) in [6, 6.07) is 6.03. The van der Waals surface area contributed by atoms with Crippen LogP contribution in [0.4, 0.5) is 0 Å². The first kappa shape index (κ1) is 16.8. The van der Waals surface area contributed by atoms with Crippen molar-refractivity contribution in [3.63, 3.8) is 0 Å². The molecule has 2 aromatic rings. The summed E-state index contributed by atoms with van der Waals surface area (Å²) in [6.45, 7) is 6.05. The van der Waals surface area contributed by atoms with Crippen molar-refractivity contribution >= 4 is 16.9 Å². The number of nitrogens with zero attached hydrogens (tertiary/aromatic N) is 1. The van der Waals surface area contributed by atoms with E-state index in [4.69, 9.17) is 13.9 Å². The molecule has 0 unspecified atom stereocenters. The van der Waals surface area contributed by atoms with Crippen LogP contribution in [-0.2, 0) is 11.3 Å². The minimum atomic E-state index is -0.329. The summed E-state index contributed by atoms with van der Waals surface area (Å²) in [5, 5.41) is 0.757. The van der Waals surface area contributed by atoms with E-state index >= 15 is 0 Å². The van der Waals surface area contributed by atoms with Gasteiger partial charge in [-0.25, -0.2) is 4.79 Å². The molecular weight excluding hydrogens is 306 g/mol. The lowest BCUT2D eigenvalue weighted by Crippen LogP contribution is -2.37. The molecule has 1 aliphatic rings. The molecule has 0 bridgehead atoms. The second kappa shape index (κ2) is 7.26. The number of furan rings is 1. The van der Waals surface area contributed by atoms with Gasteiger partial charge >= 0.3 is 5.97 Å². The number of rotatable bonds is 5. The van der Waals surface area contributed by atoms with E-state index in [0.717, 1.165) is 11.9 Å². The Morgan fingerprint density at radius 1 is 1.38 bits per heavy atom. The number of benzene rings is 1. The molecule has 1 fully saturated rings. The van der Waals surface area contributed by atoms with Crippen molar-refractivity contribution in [1.82, 2.24) is 4.90 Å². The predicted molar refractivity (Wildman–Crippen MR) is 92.4 cm³/mol. The number of carbonyl (C=O) groups is 1. The largest absolute Gasteiger partial charge is 0.497 e. The monoisotopic (exact) mass is 331 g/mol. The molecule has 1 saturated heterocycles. The number of piperidine rings is 1. The van der Waals surface area contributed by atoms with E-state index in [9.17, 15) is 4.79 Å². The van der Waals surface area contributed by atoms with Gasteiger partial charge in [0.05, 0.1) is 20.3 Å². The molecule has 0 radical (unpaired) electrons. The fraction of sp³-hybridized carbons (Fsp3) is 0.526. The molecule has 1 aromatic carbocycles. The molecule has 1 aliphatic heterocycles. The summed E-state index contributed by atoms with van der Waals surface area (Å²) in [5.74, 6) is 1.06. The highest BCUT2D eigenvalue weighted by atomic mass is 16.5. The molecular formula is C19H25NO4. The van der Waals surface area contributed by atoms with Gasteiger partial charge in [-0.2, -0.15) is 0 Å². The van der Waals surface area contributed by atoms with E-state index in [1.54, 1.807) is 7.11 Å². The normalized spacial score (nSPS) is 18.7. The maximum absolute atomic E-state index is 12.5. The van der Waals surface area contributed by atoms with Gasteiger partial charge in [0.15, 0.2) is 0 Å². The molecule has 24 heavy (non-hydrogen) atoms. The molecule has 5 nitrogen and oxygen atoms in total. The van der Waals surface area contributed by atoms with Crippen molar-refractivity contribution in [3.05, 3.63) is 29.5 Å². The maximum Gasteiger partial charge on any atom is 0.342 e. The highest BCUT2D eigenvalue weighted by Gasteiger charge is 2.26. The van der Waals surface area contributed by atoms with E-state index in [1.165, 1.54) is 19.3 Å². The molecule has 0 N–H and O–H groups in total. The smallest absolute Gasteiger partial charge is 0.342 e. The molecule has 5 heteroatoms. The van der Waals surface area contributed by atoms with Crippen molar-refractivity contribution in [2.75, 3.05) is 20.3 Å². The number of methoxy groups -OCH3 is 1. The summed E-state index contributed by atoms with van der Waals surface area (Å²) in [6.07, 6.45) is 3.63. The van der Waals surface area contributed by atoms with E-state index in [2.05, 4.69) is 11.8 Å². The third kappa shape index (κ3) is 3.26. The Morgan fingerprint density at radius 2 is 2.21 bits per heavy atom. The second-order valence-electron chi connectivity index (χ2n) is 6.30. The zero-order valence-corrected chi connectivity index (χ0v) is 14.6. The lowest BCUT2D eigenvalue weighted by Gasteiger charge is -2.32. The number of fused-ring (bicyclic) bond motifs is 1. The number of hydrogen-bond acceptors (Lipinski definition) is 5. The van der Waals surface area contributed by atoms with E-state index < -0.39 is 0 Å². The van der Waals surface area contributed by atoms with Crippen molar-refractivity contribution < 1.29 is 18.7 Å². The summed E-state index contributed by atoms with van der Waals surface area (Å²) in [7, 11) is 1.61. The zero-order chi connectivity index (χ0) is 17.1. The van der Waals surface area contributed by atoms with Gasteiger partial charge in [0, 0.05) is 11.4 Å². The lowest BCUT2D eigenvalue weighted by molar-refractivity contribution is 0.0522. The Bertz CT molecular complexity index is 721. The Kier molecular flexibility index (Phi) is 5.09. The molecule has 130 valence electrons. The highest BCUT2D eigenvalue weighted by molar-refractivity contribution is 6.05. The van der Waals surface area contributed by atoms with Crippen LogP contribution in [0.25, 0.3) is 11.0 Å². The van der Waals surface area contributed by atoms with Crippen molar-refractivity contribution in [1.29, 1.82) is 0 Å². The van der Waals surface area contributed by atoms with Crippen molar-refractivity contribution in [2.45, 2.75) is 45.7 Å². The van der Waals surface area contributed by atoms with Gasteiger partial charge in [-0.3, -0.25) is 4.90 Å². The molecule has 0 spiro atoms. The van der Waals surface area contributed by atoms with E-state index in [-0.39, 0.29) is 5.97 Å². The summed E-state index contributed by atoms with van der Waals surface area (Å²) < 4.78 is 16.6. The van der Waals surface area contributed by atoms with Gasteiger partial charge in [0.2, 0.25) is 0 Å². The fourth-order valence-corrected chi connectivity index (χ4v) is 3.37. The van der Waals surface area contributed by atoms with Gasteiger partial charge in [-0.1, -0.05) is 6.42 Å². The molecule has 3 rings (SSSR count). The standard InChI is InChI=1S/C19H25NO4/c1-4-23-19(21)18-15-11-14(22-3)8-9-16(15)24-17(18)12-20-10-6-5-7-13(20)2/h8-9,11,13H,4-7,10,12H2,1-3H3/t13-/m1/s1. The number of ether oxygens (including phenoxy) is 2. The number of esters is 1. The topological polar surface area (TPSA) is 51.9 Å². The quantitative estimate of drug-likeness (QED) is 0.775. The lowest BCUT2D eigenvalue weighted by atomic mass is 10.0. The van der Waals surface area contributed by atoms with Crippen LogP contribution in [0.5, 0.6) is 5.75 Å². The first-order chi connectivity index (χ1) is 11.6. The molecule has 0 saturated carbocycles. The van der Waals surface area contributed by atoms with Gasteiger partial charge in [0.1, 0.15) is 22.7 Å². The van der Waals surface area contributed by atoms with Gasteiger partial charge in [-0.15, -0.1) is 0 Å². The first-order valence-corrected chi connectivity index (χ1v) is 8.64. The highest BCUT2D eigenvalue weighted by Crippen LogP contribution is 2.32. The third-order valence-electron chi connectivity index (χ3n) is 4.73. The molecule has 1 atom stereocenters. The number of hydrogen-bond donors (Lipinski definition) is 0. The first-order valence-electron chi connectivity index (χ1n) is 8.64. The average Bonchev–Trinajstić information content (AvgIpc) is 2.94. The van der Waals surface area contributed by atoms with Gasteiger partial charge in [0.25, 0.3) is 0 Å². The van der Waals surface area contributed by atoms with Crippen LogP contribution >= 0.6 is 0 Å². The Labute approximate surface area is 142 Å². The van der Waals surface area contributed by atoms with E-state index in [0.29, 0.717) is 41.8 Å². The van der Waals surface area contributed by atoms with Crippen LogP contribution in [0, 0.1) is 0 Å². The van der Waals surface area contributed by atoms with Crippen LogP contribution in [0.3, 0.4) is 0 Å². The predicted octanol–water partition coefficient (Wildman–Crippen LogP) is 3.99. The number of carbonyl (C=O) groups excluding carboxylic acids is 1. The van der Waals surface area contributed by atoms with Crippen LogP contribution < -0.4 is 4.74 Å². The Balaban J connectivity index is 2.01. The fourth-order valence-electron chi connectivity index (χ4n) is 3.37. The van der Waals surface area contributed by atoms with Crippen molar-refractivity contribution in [3.8, 4) is 5.75 Å². The minimum absolute atomic E-state index is 0.329. The van der Waals surface area contributed by atoms with Crippen LogP contribution in [-0.4, -0.2) is 37.2 Å². The summed E-state index contributed by atoms with van der Waals surface area (Å²) in [5.41, 5.74) is 1.22. The molecule has 2 heterocycles. The number of likely N-dealkylation sites (tertiary alicyclic amines) is 1. The minimum Gasteiger partial charge on any atom is -0.497 e. The van der Waals surface area contributed by atoms with Crippen LogP contribution in [0.15, 0.2) is 22.6 Å². The second-order valence-corrected chi connectivity index (χ2v) is 6.30. The van der Waals surface area contributed by atoms with Gasteiger partial charge in [-0.05, 0) is 51.4 Å².